The van der Waals surface area contributed by atoms with Crippen LogP contribution >= 0.6 is 0 Å². The van der Waals surface area contributed by atoms with Gasteiger partial charge in [0.05, 0.1) is 0 Å². The first-order valence-electron chi connectivity index (χ1n) is 6.85. The zero-order valence-electron chi connectivity index (χ0n) is 11.3. The van der Waals surface area contributed by atoms with Crippen LogP contribution in [-0.4, -0.2) is 18.8 Å². The summed E-state index contributed by atoms with van der Waals surface area (Å²) in [6, 6.07) is 10.5. The predicted molar refractivity (Wildman–Crippen MR) is 72.1 cm³/mol. The van der Waals surface area contributed by atoms with Crippen LogP contribution in [0, 0.1) is 0 Å². The minimum absolute atomic E-state index is 0.207. The van der Waals surface area contributed by atoms with Crippen LogP contribution in [0.5, 0.6) is 0 Å². The Kier molecular flexibility index (Phi) is 6.92. The lowest BCUT2D eigenvalue weighted by molar-refractivity contribution is -0.135. The molecule has 1 N–H and O–H groups in total. The van der Waals surface area contributed by atoms with Crippen molar-refractivity contribution in [3.05, 3.63) is 35.9 Å². The summed E-state index contributed by atoms with van der Waals surface area (Å²) in [7, 11) is 0. The summed E-state index contributed by atoms with van der Waals surface area (Å²) in [5, 5.41) is 3.34. The molecule has 0 amide bonds. The molecule has 1 nitrogen and oxygen atoms in total. The molecule has 1 aromatic carbocycles. The molecule has 0 saturated carbocycles. The summed E-state index contributed by atoms with van der Waals surface area (Å²) in [4.78, 5) is 0. The summed E-state index contributed by atoms with van der Waals surface area (Å²) in [6.45, 7) is 2.75. The molecule has 0 bridgehead atoms. The van der Waals surface area contributed by atoms with Gasteiger partial charge in [0.1, 0.15) is 0 Å². The standard InChI is InChI=1S/C15H22F3N/c1-2-14(12-13-8-4-3-5-9-13)19-11-7-6-10-15(16,17)18/h3-5,8-9,14,19H,2,6-7,10-12H2,1H3. The van der Waals surface area contributed by atoms with Gasteiger partial charge in [-0.3, -0.25) is 0 Å². The number of halogens is 3. The first-order chi connectivity index (χ1) is 9.01. The second-order valence-electron chi connectivity index (χ2n) is 4.82. The van der Waals surface area contributed by atoms with E-state index >= 15 is 0 Å². The van der Waals surface area contributed by atoms with E-state index < -0.39 is 12.6 Å². The largest absolute Gasteiger partial charge is 0.389 e. The molecular weight excluding hydrogens is 251 g/mol. The Bertz CT molecular complexity index is 335. The van der Waals surface area contributed by atoms with E-state index in [4.69, 9.17) is 0 Å². The second-order valence-corrected chi connectivity index (χ2v) is 4.82. The zero-order valence-corrected chi connectivity index (χ0v) is 11.3. The minimum atomic E-state index is -4.02. The Morgan fingerprint density at radius 3 is 2.37 bits per heavy atom. The predicted octanol–water partition coefficient (Wildman–Crippen LogP) is 4.33. The summed E-state index contributed by atoms with van der Waals surface area (Å²) in [5.41, 5.74) is 1.26. The molecule has 4 heteroatoms. The summed E-state index contributed by atoms with van der Waals surface area (Å²) >= 11 is 0. The molecule has 0 spiro atoms. The molecule has 0 aliphatic carbocycles. The smallest absolute Gasteiger partial charge is 0.314 e. The van der Waals surface area contributed by atoms with E-state index in [0.29, 0.717) is 19.0 Å². The topological polar surface area (TPSA) is 12.0 Å². The Morgan fingerprint density at radius 2 is 1.79 bits per heavy atom. The van der Waals surface area contributed by atoms with Crippen molar-refractivity contribution in [1.82, 2.24) is 5.32 Å². The molecule has 0 saturated heterocycles. The molecular formula is C15H22F3N. The number of nitrogens with one attached hydrogen (secondary N) is 1. The molecule has 0 aliphatic rings. The Balaban J connectivity index is 2.19. The van der Waals surface area contributed by atoms with Gasteiger partial charge in [-0.25, -0.2) is 0 Å². The van der Waals surface area contributed by atoms with Crippen LogP contribution in [0.15, 0.2) is 30.3 Å². The van der Waals surface area contributed by atoms with Crippen LogP contribution in [0.25, 0.3) is 0 Å². The SMILES string of the molecule is CCC(Cc1ccccc1)NCCCCC(F)(F)F. The van der Waals surface area contributed by atoms with Crippen LogP contribution in [0.2, 0.25) is 0 Å². The lowest BCUT2D eigenvalue weighted by Crippen LogP contribution is -2.31. The number of benzene rings is 1. The molecule has 0 aromatic heterocycles. The van der Waals surface area contributed by atoms with Crippen LogP contribution in [0.3, 0.4) is 0 Å². The van der Waals surface area contributed by atoms with Gasteiger partial charge >= 0.3 is 6.18 Å². The van der Waals surface area contributed by atoms with E-state index in [0.717, 1.165) is 12.8 Å². The van der Waals surface area contributed by atoms with Gasteiger partial charge in [0.25, 0.3) is 0 Å². The zero-order chi connectivity index (χ0) is 14.1. The van der Waals surface area contributed by atoms with Crippen molar-refractivity contribution in [2.24, 2.45) is 0 Å². The number of alkyl halides is 3. The number of unbranched alkanes of at least 4 members (excludes halogenated alkanes) is 1. The highest BCUT2D eigenvalue weighted by Gasteiger charge is 2.25. The summed E-state index contributed by atoms with van der Waals surface area (Å²) in [6.07, 6.45) is -2.01. The molecule has 1 unspecified atom stereocenters. The maximum atomic E-state index is 12.0. The van der Waals surface area contributed by atoms with Gasteiger partial charge < -0.3 is 5.32 Å². The first-order valence-corrected chi connectivity index (χ1v) is 6.85. The number of hydrogen-bond donors (Lipinski definition) is 1. The van der Waals surface area contributed by atoms with E-state index in [1.54, 1.807) is 0 Å². The Labute approximate surface area is 113 Å². The second kappa shape index (κ2) is 8.20. The van der Waals surface area contributed by atoms with E-state index in [-0.39, 0.29) is 6.42 Å². The molecule has 0 aliphatic heterocycles. The average Bonchev–Trinajstić information content (AvgIpc) is 2.37. The van der Waals surface area contributed by atoms with Gasteiger partial charge in [-0.05, 0) is 37.8 Å². The van der Waals surface area contributed by atoms with Crippen LogP contribution < -0.4 is 5.32 Å². The third kappa shape index (κ3) is 7.88. The Morgan fingerprint density at radius 1 is 1.11 bits per heavy atom. The quantitative estimate of drug-likeness (QED) is 0.695. The fourth-order valence-corrected chi connectivity index (χ4v) is 2.02. The highest BCUT2D eigenvalue weighted by atomic mass is 19.4. The molecule has 1 aromatic rings. The number of hydrogen-bond acceptors (Lipinski definition) is 1. The van der Waals surface area contributed by atoms with Crippen molar-refractivity contribution in [1.29, 1.82) is 0 Å². The van der Waals surface area contributed by atoms with Gasteiger partial charge in [0.2, 0.25) is 0 Å². The molecule has 0 radical (unpaired) electrons. The third-order valence-corrected chi connectivity index (χ3v) is 3.14. The number of rotatable bonds is 8. The van der Waals surface area contributed by atoms with Crippen LogP contribution in [-0.2, 0) is 6.42 Å². The van der Waals surface area contributed by atoms with Gasteiger partial charge in [-0.1, -0.05) is 37.3 Å². The molecule has 108 valence electrons. The molecule has 19 heavy (non-hydrogen) atoms. The van der Waals surface area contributed by atoms with Crippen molar-refractivity contribution >= 4 is 0 Å². The maximum absolute atomic E-state index is 12.0. The van der Waals surface area contributed by atoms with Gasteiger partial charge in [-0.2, -0.15) is 13.2 Å². The van der Waals surface area contributed by atoms with E-state index in [9.17, 15) is 13.2 Å². The maximum Gasteiger partial charge on any atom is 0.389 e. The fraction of sp³-hybridized carbons (Fsp3) is 0.600. The van der Waals surface area contributed by atoms with Crippen molar-refractivity contribution in [3.8, 4) is 0 Å². The minimum Gasteiger partial charge on any atom is -0.314 e. The van der Waals surface area contributed by atoms with Crippen molar-refractivity contribution in [3.63, 3.8) is 0 Å². The van der Waals surface area contributed by atoms with Gasteiger partial charge in [-0.15, -0.1) is 0 Å². The Hall–Kier alpha value is -1.03. The molecule has 0 fully saturated rings. The van der Waals surface area contributed by atoms with Crippen molar-refractivity contribution in [2.75, 3.05) is 6.54 Å². The van der Waals surface area contributed by atoms with Crippen LogP contribution in [0.4, 0.5) is 13.2 Å². The molecule has 1 rings (SSSR count). The van der Waals surface area contributed by atoms with E-state index in [2.05, 4.69) is 24.4 Å². The monoisotopic (exact) mass is 273 g/mol. The van der Waals surface area contributed by atoms with E-state index in [1.807, 2.05) is 18.2 Å². The lowest BCUT2D eigenvalue weighted by atomic mass is 10.0. The van der Waals surface area contributed by atoms with Crippen molar-refractivity contribution in [2.45, 2.75) is 51.2 Å². The van der Waals surface area contributed by atoms with Crippen molar-refractivity contribution < 1.29 is 13.2 Å². The van der Waals surface area contributed by atoms with Gasteiger partial charge in [0.15, 0.2) is 0 Å². The highest BCUT2D eigenvalue weighted by Crippen LogP contribution is 2.21. The highest BCUT2D eigenvalue weighted by molar-refractivity contribution is 5.15. The van der Waals surface area contributed by atoms with Gasteiger partial charge in [0, 0.05) is 12.5 Å². The average molecular weight is 273 g/mol. The molecule has 1 atom stereocenters. The lowest BCUT2D eigenvalue weighted by Gasteiger charge is -2.17. The van der Waals surface area contributed by atoms with Crippen LogP contribution in [0.1, 0.15) is 38.2 Å². The molecule has 0 heterocycles. The summed E-state index contributed by atoms with van der Waals surface area (Å²) < 4.78 is 35.9. The first kappa shape index (κ1) is 16.0. The van der Waals surface area contributed by atoms with E-state index in [1.165, 1.54) is 5.56 Å². The normalized spacial score (nSPS) is 13.5. The fourth-order valence-electron chi connectivity index (χ4n) is 2.02. The third-order valence-electron chi connectivity index (χ3n) is 3.14. The summed E-state index contributed by atoms with van der Waals surface area (Å²) in [5.74, 6) is 0.